The number of urea groups is 1. The quantitative estimate of drug-likeness (QED) is 0.635. The van der Waals surface area contributed by atoms with Gasteiger partial charge < -0.3 is 10.2 Å². The van der Waals surface area contributed by atoms with Crippen molar-refractivity contribution in [1.82, 2.24) is 25.2 Å². The van der Waals surface area contributed by atoms with E-state index in [4.69, 9.17) is 0 Å². The zero-order valence-electron chi connectivity index (χ0n) is 12.5. The van der Waals surface area contributed by atoms with Crippen LogP contribution in [0.5, 0.6) is 0 Å². The van der Waals surface area contributed by atoms with Crippen LogP contribution in [0.1, 0.15) is 24.8 Å². The number of nitrogens with zero attached hydrogens (tertiary/aromatic N) is 4. The largest absolute Gasteiger partial charge is 0.357 e. The molecule has 8 nitrogen and oxygen atoms in total. The monoisotopic (exact) mass is 312 g/mol. The summed E-state index contributed by atoms with van der Waals surface area (Å²) in [6.07, 6.45) is 8.70. The second-order valence-corrected chi connectivity index (χ2v) is 5.67. The van der Waals surface area contributed by atoms with Gasteiger partial charge in [-0.2, -0.15) is 5.10 Å². The van der Waals surface area contributed by atoms with E-state index in [1.807, 2.05) is 12.3 Å². The molecule has 2 N–H and O–H groups in total. The van der Waals surface area contributed by atoms with Crippen molar-refractivity contribution in [1.29, 1.82) is 0 Å². The number of aromatic nitrogens is 3. The molecule has 2 aromatic heterocycles. The third-order valence-electron chi connectivity index (χ3n) is 4.08. The molecule has 0 bridgehead atoms. The van der Waals surface area contributed by atoms with Crippen LogP contribution in [0.3, 0.4) is 0 Å². The van der Waals surface area contributed by atoms with Crippen molar-refractivity contribution in [3.8, 4) is 0 Å². The van der Waals surface area contributed by atoms with Gasteiger partial charge in [-0.15, -0.1) is 0 Å². The van der Waals surface area contributed by atoms with Crippen LogP contribution in [-0.2, 0) is 4.79 Å². The van der Waals surface area contributed by atoms with Crippen molar-refractivity contribution in [2.75, 3.05) is 18.0 Å². The molecule has 0 atom stereocenters. The number of anilines is 1. The highest BCUT2D eigenvalue weighted by Crippen LogP contribution is 2.20. The number of fused-ring (bicyclic) bond motifs is 1. The summed E-state index contributed by atoms with van der Waals surface area (Å²) in [6, 6.07) is 1.44. The Hall–Kier alpha value is -2.90. The third-order valence-corrected chi connectivity index (χ3v) is 4.08. The molecule has 2 aliphatic heterocycles. The highest BCUT2D eigenvalue weighted by molar-refractivity contribution is 6.14. The van der Waals surface area contributed by atoms with Crippen LogP contribution in [0.25, 0.3) is 11.7 Å². The van der Waals surface area contributed by atoms with Crippen molar-refractivity contribution in [3.05, 3.63) is 29.7 Å². The first-order valence-corrected chi connectivity index (χ1v) is 7.64. The van der Waals surface area contributed by atoms with Gasteiger partial charge in [0.05, 0.1) is 6.20 Å². The van der Waals surface area contributed by atoms with E-state index in [0.29, 0.717) is 11.2 Å². The fraction of sp³-hybridized carbons (Fsp3) is 0.333. The third kappa shape index (κ3) is 2.52. The minimum atomic E-state index is -0.514. The number of carbonyl (C=O) groups is 2. The van der Waals surface area contributed by atoms with Crippen molar-refractivity contribution < 1.29 is 9.59 Å². The lowest BCUT2D eigenvalue weighted by Crippen LogP contribution is -2.30. The summed E-state index contributed by atoms with van der Waals surface area (Å²) >= 11 is 0. The van der Waals surface area contributed by atoms with E-state index in [-0.39, 0.29) is 5.70 Å². The number of nitrogens with one attached hydrogen (secondary N) is 2. The maximum atomic E-state index is 11.6. The molecule has 4 rings (SSSR count). The van der Waals surface area contributed by atoms with E-state index in [2.05, 4.69) is 25.6 Å². The number of hydrogen-bond acceptors (Lipinski definition) is 5. The molecule has 2 aromatic rings. The molecule has 0 aliphatic carbocycles. The highest BCUT2D eigenvalue weighted by atomic mass is 16.2. The van der Waals surface area contributed by atoms with Gasteiger partial charge in [0.25, 0.3) is 5.91 Å². The number of amides is 3. The molecule has 0 radical (unpaired) electrons. The Kier molecular flexibility index (Phi) is 3.22. The summed E-state index contributed by atoms with van der Waals surface area (Å²) < 4.78 is 1.66. The first-order valence-electron chi connectivity index (χ1n) is 7.64. The highest BCUT2D eigenvalue weighted by Gasteiger charge is 2.23. The maximum Gasteiger partial charge on any atom is 0.326 e. The number of hydrogen-bond donors (Lipinski definition) is 2. The van der Waals surface area contributed by atoms with Gasteiger partial charge in [0.15, 0.2) is 5.65 Å². The second-order valence-electron chi connectivity index (χ2n) is 5.67. The second kappa shape index (κ2) is 5.38. The molecule has 3 amide bonds. The topological polar surface area (TPSA) is 91.6 Å². The maximum absolute atomic E-state index is 11.6. The Bertz CT molecular complexity index is 818. The Morgan fingerprint density at radius 2 is 1.96 bits per heavy atom. The predicted molar refractivity (Wildman–Crippen MR) is 83.7 cm³/mol. The fourth-order valence-corrected chi connectivity index (χ4v) is 2.92. The summed E-state index contributed by atoms with van der Waals surface area (Å²) in [6.45, 7) is 2.01. The van der Waals surface area contributed by atoms with Gasteiger partial charge in [-0.05, 0) is 31.4 Å². The summed E-state index contributed by atoms with van der Waals surface area (Å²) in [4.78, 5) is 29.8. The van der Waals surface area contributed by atoms with Crippen molar-refractivity contribution in [2.45, 2.75) is 19.3 Å². The van der Waals surface area contributed by atoms with E-state index in [0.717, 1.165) is 18.9 Å². The Labute approximate surface area is 132 Å². The first-order chi connectivity index (χ1) is 11.2. The summed E-state index contributed by atoms with van der Waals surface area (Å²) in [5, 5.41) is 8.89. The lowest BCUT2D eigenvalue weighted by molar-refractivity contribution is -0.115. The number of imide groups is 1. The fourth-order valence-electron chi connectivity index (χ4n) is 2.92. The zero-order valence-corrected chi connectivity index (χ0v) is 12.5. The molecule has 2 aliphatic rings. The molecule has 8 heteroatoms. The van der Waals surface area contributed by atoms with E-state index in [9.17, 15) is 9.59 Å². The van der Waals surface area contributed by atoms with E-state index >= 15 is 0 Å². The number of carbonyl (C=O) groups excluding carboxylic acids is 2. The number of rotatable bonds is 2. The van der Waals surface area contributed by atoms with Crippen LogP contribution in [-0.4, -0.2) is 39.6 Å². The molecule has 23 heavy (non-hydrogen) atoms. The Morgan fingerprint density at radius 3 is 2.70 bits per heavy atom. The molecule has 0 aromatic carbocycles. The van der Waals surface area contributed by atoms with Crippen LogP contribution in [0.4, 0.5) is 10.6 Å². The van der Waals surface area contributed by atoms with Crippen LogP contribution < -0.4 is 15.5 Å². The van der Waals surface area contributed by atoms with Crippen molar-refractivity contribution >= 4 is 29.5 Å². The minimum absolute atomic E-state index is 0.204. The van der Waals surface area contributed by atoms with Crippen LogP contribution in [0, 0.1) is 0 Å². The van der Waals surface area contributed by atoms with Crippen LogP contribution in [0.2, 0.25) is 0 Å². The van der Waals surface area contributed by atoms with Crippen molar-refractivity contribution in [3.63, 3.8) is 0 Å². The first kappa shape index (κ1) is 13.7. The summed E-state index contributed by atoms with van der Waals surface area (Å²) in [7, 11) is 0. The predicted octanol–water partition coefficient (Wildman–Crippen LogP) is 0.900. The molecule has 118 valence electrons. The molecular formula is C15H16N6O2. The molecule has 2 saturated heterocycles. The Balaban J connectivity index is 1.71. The molecule has 0 saturated carbocycles. The van der Waals surface area contributed by atoms with Crippen molar-refractivity contribution in [2.24, 2.45) is 0 Å². The van der Waals surface area contributed by atoms with E-state index in [1.54, 1.807) is 16.8 Å². The lowest BCUT2D eigenvalue weighted by Gasteiger charge is -2.27. The summed E-state index contributed by atoms with van der Waals surface area (Å²) in [5.74, 6) is 0.471. The van der Waals surface area contributed by atoms with Gasteiger partial charge in [-0.1, -0.05) is 0 Å². The zero-order chi connectivity index (χ0) is 15.8. The SMILES string of the molecule is O=C1NC(=O)/C(=C/c2cnn3ccc(N4CCCCC4)nc23)N1. The van der Waals surface area contributed by atoms with Gasteiger partial charge in [0, 0.05) is 24.8 Å². The average molecular weight is 312 g/mol. The summed E-state index contributed by atoms with van der Waals surface area (Å²) in [5.41, 5.74) is 1.56. The van der Waals surface area contributed by atoms with Crippen LogP contribution in [0.15, 0.2) is 24.2 Å². The molecule has 0 spiro atoms. The van der Waals surface area contributed by atoms with Gasteiger partial charge in [0.2, 0.25) is 0 Å². The standard InChI is InChI=1S/C15H16N6O2/c22-14-11(17-15(23)19-14)8-10-9-16-21-7-4-12(18-13(10)21)20-5-2-1-3-6-20/h4,7-9H,1-3,5-6H2,(H2,17,19,22,23)/b11-8-. The van der Waals surface area contributed by atoms with Crippen LogP contribution >= 0.6 is 0 Å². The lowest BCUT2D eigenvalue weighted by atomic mass is 10.1. The number of piperidine rings is 1. The van der Waals surface area contributed by atoms with Gasteiger partial charge in [-0.3, -0.25) is 10.1 Å². The molecule has 2 fully saturated rings. The Morgan fingerprint density at radius 1 is 1.13 bits per heavy atom. The molecule has 0 unspecified atom stereocenters. The van der Waals surface area contributed by atoms with E-state index in [1.165, 1.54) is 19.3 Å². The van der Waals surface area contributed by atoms with Gasteiger partial charge in [-0.25, -0.2) is 14.3 Å². The smallest absolute Gasteiger partial charge is 0.326 e. The van der Waals surface area contributed by atoms with Gasteiger partial charge >= 0.3 is 6.03 Å². The average Bonchev–Trinajstić information content (AvgIpc) is 3.11. The van der Waals surface area contributed by atoms with Gasteiger partial charge in [0.1, 0.15) is 11.5 Å². The molecule has 4 heterocycles. The molecular weight excluding hydrogens is 296 g/mol. The normalized spacial score (nSPS) is 20.2. The van der Waals surface area contributed by atoms with E-state index < -0.39 is 11.9 Å². The minimum Gasteiger partial charge on any atom is -0.357 e.